The van der Waals surface area contributed by atoms with Gasteiger partial charge in [0.25, 0.3) is 0 Å². The molecule has 0 N–H and O–H groups in total. The summed E-state index contributed by atoms with van der Waals surface area (Å²) in [5.74, 6) is 0.774. The van der Waals surface area contributed by atoms with E-state index in [4.69, 9.17) is 0 Å². The van der Waals surface area contributed by atoms with Gasteiger partial charge in [0, 0.05) is 31.5 Å². The van der Waals surface area contributed by atoms with Crippen LogP contribution in [-0.4, -0.2) is 15.3 Å². The first-order chi connectivity index (χ1) is 7.29. The number of nitrogens with zero attached hydrogens (tertiary/aromatic N) is 2. The molecular weight excluding hydrogens is 188 g/mol. The fraction of sp³-hybridized carbons (Fsp3) is 0.667. The molecule has 1 unspecified atom stereocenters. The molecule has 15 heavy (non-hydrogen) atoms. The van der Waals surface area contributed by atoms with Crippen LogP contribution in [-0.2, 0) is 11.3 Å². The van der Waals surface area contributed by atoms with Gasteiger partial charge < -0.3 is 4.57 Å². The minimum Gasteiger partial charge on any atom is -0.337 e. The quantitative estimate of drug-likeness (QED) is 0.697. The van der Waals surface area contributed by atoms with Crippen molar-refractivity contribution in [3.63, 3.8) is 0 Å². The Kier molecular flexibility index (Phi) is 3.19. The molecule has 1 aliphatic rings. The van der Waals surface area contributed by atoms with Gasteiger partial charge in [0.1, 0.15) is 5.78 Å². The highest BCUT2D eigenvalue weighted by atomic mass is 16.1. The maximum Gasteiger partial charge on any atom is 0.133 e. The molecule has 0 aliphatic heterocycles. The first-order valence-electron chi connectivity index (χ1n) is 5.83. The highest BCUT2D eigenvalue weighted by molar-refractivity contribution is 5.79. The van der Waals surface area contributed by atoms with E-state index in [-0.39, 0.29) is 0 Å². The van der Waals surface area contributed by atoms with E-state index in [1.165, 1.54) is 0 Å². The molecule has 82 valence electrons. The number of ketones is 1. The molecule has 0 bridgehead atoms. The normalized spacial score (nSPS) is 22.7. The highest BCUT2D eigenvalue weighted by Crippen LogP contribution is 2.28. The zero-order valence-electron chi connectivity index (χ0n) is 9.28. The molecule has 1 aromatic heterocycles. The second-order valence-corrected chi connectivity index (χ2v) is 4.31. The van der Waals surface area contributed by atoms with Gasteiger partial charge in [-0.1, -0.05) is 6.42 Å². The predicted molar refractivity (Wildman–Crippen MR) is 58.7 cm³/mol. The van der Waals surface area contributed by atoms with Crippen molar-refractivity contribution < 1.29 is 4.79 Å². The molecule has 1 aromatic rings. The first kappa shape index (κ1) is 10.4. The number of hydrogen-bond donors (Lipinski definition) is 0. The molecule has 2 rings (SSSR count). The lowest BCUT2D eigenvalue weighted by molar-refractivity contribution is -0.119. The summed E-state index contributed by atoms with van der Waals surface area (Å²) >= 11 is 0. The van der Waals surface area contributed by atoms with Gasteiger partial charge in [-0.2, -0.15) is 0 Å². The van der Waals surface area contributed by atoms with Crippen LogP contribution >= 0.6 is 0 Å². The van der Waals surface area contributed by atoms with Crippen molar-refractivity contribution >= 4 is 5.78 Å². The van der Waals surface area contributed by atoms with Crippen LogP contribution in [0.3, 0.4) is 0 Å². The fourth-order valence-corrected chi connectivity index (χ4v) is 2.21. The number of hydrogen-bond acceptors (Lipinski definition) is 2. The first-order valence-corrected chi connectivity index (χ1v) is 5.83. The molecule has 0 aromatic carbocycles. The average Bonchev–Trinajstić information content (AvgIpc) is 2.61. The molecule has 1 aliphatic carbocycles. The van der Waals surface area contributed by atoms with Crippen molar-refractivity contribution in [2.45, 2.75) is 51.5 Å². The van der Waals surface area contributed by atoms with Gasteiger partial charge in [0.2, 0.25) is 0 Å². The average molecular weight is 206 g/mol. The summed E-state index contributed by atoms with van der Waals surface area (Å²) in [7, 11) is 0. The molecule has 1 heterocycles. The van der Waals surface area contributed by atoms with Crippen LogP contribution in [0.25, 0.3) is 0 Å². The number of aryl methyl sites for hydroxylation is 1. The number of aromatic nitrogens is 2. The Bertz CT molecular complexity index is 343. The monoisotopic (exact) mass is 206 g/mol. The van der Waals surface area contributed by atoms with E-state index in [1.807, 2.05) is 6.33 Å². The summed E-state index contributed by atoms with van der Waals surface area (Å²) in [6.07, 6.45) is 8.76. The van der Waals surface area contributed by atoms with E-state index in [0.29, 0.717) is 18.1 Å². The Labute approximate surface area is 90.5 Å². The molecule has 3 heteroatoms. The topological polar surface area (TPSA) is 34.9 Å². The zero-order valence-corrected chi connectivity index (χ0v) is 9.28. The van der Waals surface area contributed by atoms with Crippen LogP contribution in [0.2, 0.25) is 0 Å². The molecule has 1 atom stereocenters. The van der Waals surface area contributed by atoms with Crippen molar-refractivity contribution in [1.29, 1.82) is 0 Å². The van der Waals surface area contributed by atoms with Gasteiger partial charge in [-0.25, -0.2) is 4.98 Å². The van der Waals surface area contributed by atoms with Crippen molar-refractivity contribution in [3.05, 3.63) is 18.2 Å². The van der Waals surface area contributed by atoms with E-state index < -0.39 is 0 Å². The Morgan fingerprint density at radius 3 is 3.13 bits per heavy atom. The number of carbonyl (C=O) groups is 1. The molecule has 0 spiro atoms. The maximum absolute atomic E-state index is 11.5. The SMILES string of the molecule is CCn1cnc(C2CCCCC(=O)C2)c1. The van der Waals surface area contributed by atoms with E-state index in [1.54, 1.807) is 0 Å². The third-order valence-electron chi connectivity index (χ3n) is 3.17. The molecule has 1 fully saturated rings. The third-order valence-corrected chi connectivity index (χ3v) is 3.17. The minimum atomic E-state index is 0.368. The summed E-state index contributed by atoms with van der Waals surface area (Å²) in [6.45, 7) is 3.05. The smallest absolute Gasteiger partial charge is 0.133 e. The standard InChI is InChI=1S/C12H18N2O/c1-2-14-8-12(13-9-14)10-5-3-4-6-11(15)7-10/h8-10H,2-7H2,1H3. The van der Waals surface area contributed by atoms with Crippen LogP contribution < -0.4 is 0 Å². The van der Waals surface area contributed by atoms with Crippen LogP contribution in [0.1, 0.15) is 50.6 Å². The fourth-order valence-electron chi connectivity index (χ4n) is 2.21. The van der Waals surface area contributed by atoms with Gasteiger partial charge in [0.15, 0.2) is 0 Å². The molecule has 0 saturated heterocycles. The van der Waals surface area contributed by atoms with E-state index in [0.717, 1.165) is 37.9 Å². The van der Waals surface area contributed by atoms with Gasteiger partial charge in [-0.15, -0.1) is 0 Å². The van der Waals surface area contributed by atoms with Crippen molar-refractivity contribution in [1.82, 2.24) is 9.55 Å². The highest BCUT2D eigenvalue weighted by Gasteiger charge is 2.20. The Hall–Kier alpha value is -1.12. The molecular formula is C12H18N2O. The summed E-state index contributed by atoms with van der Waals surface area (Å²) < 4.78 is 2.07. The Morgan fingerprint density at radius 2 is 2.40 bits per heavy atom. The van der Waals surface area contributed by atoms with Crippen molar-refractivity contribution in [2.75, 3.05) is 0 Å². The number of rotatable bonds is 2. The Balaban J connectivity index is 2.10. The predicted octanol–water partition coefficient (Wildman–Crippen LogP) is 2.52. The van der Waals surface area contributed by atoms with E-state index >= 15 is 0 Å². The number of Topliss-reactive ketones (excluding diaryl/α,β-unsaturated/α-hetero) is 1. The van der Waals surface area contributed by atoms with Gasteiger partial charge >= 0.3 is 0 Å². The van der Waals surface area contributed by atoms with Crippen molar-refractivity contribution in [3.8, 4) is 0 Å². The molecule has 3 nitrogen and oxygen atoms in total. The van der Waals surface area contributed by atoms with Crippen LogP contribution in [0.5, 0.6) is 0 Å². The molecule has 1 saturated carbocycles. The lowest BCUT2D eigenvalue weighted by Gasteiger charge is -2.09. The van der Waals surface area contributed by atoms with Crippen LogP contribution in [0.15, 0.2) is 12.5 Å². The summed E-state index contributed by atoms with van der Waals surface area (Å²) in [5, 5.41) is 0. The van der Waals surface area contributed by atoms with Gasteiger partial charge in [-0.05, 0) is 19.8 Å². The largest absolute Gasteiger partial charge is 0.337 e. The Morgan fingerprint density at radius 1 is 1.53 bits per heavy atom. The third kappa shape index (κ3) is 2.46. The van der Waals surface area contributed by atoms with Crippen LogP contribution in [0.4, 0.5) is 0 Å². The van der Waals surface area contributed by atoms with Gasteiger partial charge in [-0.3, -0.25) is 4.79 Å². The number of imidazole rings is 1. The second-order valence-electron chi connectivity index (χ2n) is 4.31. The van der Waals surface area contributed by atoms with E-state index in [2.05, 4.69) is 22.7 Å². The zero-order chi connectivity index (χ0) is 10.7. The number of carbonyl (C=O) groups excluding carboxylic acids is 1. The minimum absolute atomic E-state index is 0.368. The summed E-state index contributed by atoms with van der Waals surface area (Å²) in [6, 6.07) is 0. The lowest BCUT2D eigenvalue weighted by atomic mass is 9.97. The second kappa shape index (κ2) is 4.60. The van der Waals surface area contributed by atoms with E-state index in [9.17, 15) is 4.79 Å². The van der Waals surface area contributed by atoms with Crippen molar-refractivity contribution in [2.24, 2.45) is 0 Å². The maximum atomic E-state index is 11.5. The molecule has 0 radical (unpaired) electrons. The molecule has 0 amide bonds. The van der Waals surface area contributed by atoms with Gasteiger partial charge in [0.05, 0.1) is 12.0 Å². The lowest BCUT2D eigenvalue weighted by Crippen LogP contribution is -2.04. The summed E-state index contributed by atoms with van der Waals surface area (Å²) in [4.78, 5) is 15.9. The van der Waals surface area contributed by atoms with Crippen LogP contribution in [0, 0.1) is 0 Å². The summed E-state index contributed by atoms with van der Waals surface area (Å²) in [5.41, 5.74) is 1.10.